The van der Waals surface area contributed by atoms with Crippen LogP contribution in [0.2, 0.25) is 0 Å². The van der Waals surface area contributed by atoms with Gasteiger partial charge in [0.1, 0.15) is 6.10 Å². The third kappa shape index (κ3) is 3.90. The molecule has 0 aliphatic rings. The molecule has 7 heteroatoms. The van der Waals surface area contributed by atoms with Crippen LogP contribution >= 0.6 is 0 Å². The van der Waals surface area contributed by atoms with Gasteiger partial charge in [-0.15, -0.1) is 0 Å². The summed E-state index contributed by atoms with van der Waals surface area (Å²) in [7, 11) is 0. The Labute approximate surface area is 107 Å². The Bertz CT molecular complexity index is 420. The fourth-order valence-corrected chi connectivity index (χ4v) is 1.70. The first-order chi connectivity index (χ1) is 8.81. The summed E-state index contributed by atoms with van der Waals surface area (Å²) in [6.07, 6.45) is -7.44. The van der Waals surface area contributed by atoms with Crippen molar-refractivity contribution in [1.29, 1.82) is 0 Å². The van der Waals surface area contributed by atoms with Crippen molar-refractivity contribution in [2.24, 2.45) is 0 Å². The molecule has 4 N–H and O–H groups in total. The summed E-state index contributed by atoms with van der Waals surface area (Å²) in [5.74, 6) is 0. The van der Waals surface area contributed by atoms with Gasteiger partial charge in [-0.05, 0) is 29.7 Å². The third-order valence-corrected chi connectivity index (χ3v) is 2.75. The highest BCUT2D eigenvalue weighted by Crippen LogP contribution is 2.32. The minimum Gasteiger partial charge on any atom is -0.396 e. The Morgan fingerprint density at radius 2 is 1.74 bits per heavy atom. The molecule has 1 aromatic carbocycles. The zero-order valence-corrected chi connectivity index (χ0v) is 9.93. The highest BCUT2D eigenvalue weighted by Gasteiger charge is 2.32. The molecule has 1 aromatic rings. The van der Waals surface area contributed by atoms with E-state index in [0.29, 0.717) is 0 Å². The maximum atomic E-state index is 12.5. The van der Waals surface area contributed by atoms with E-state index in [1.54, 1.807) is 0 Å². The van der Waals surface area contributed by atoms with E-state index in [9.17, 15) is 23.4 Å². The maximum Gasteiger partial charge on any atom is 0.416 e. The van der Waals surface area contributed by atoms with Gasteiger partial charge in [0.15, 0.2) is 0 Å². The molecule has 108 valence electrons. The SMILES string of the molecule is OCCC(O)C(O)c1ccc(C(F)(F)F)cc1CO. The average Bonchev–Trinajstić information content (AvgIpc) is 2.36. The van der Waals surface area contributed by atoms with Crippen molar-refractivity contribution in [2.75, 3.05) is 6.61 Å². The Morgan fingerprint density at radius 1 is 1.11 bits per heavy atom. The van der Waals surface area contributed by atoms with Crippen LogP contribution in [0.25, 0.3) is 0 Å². The first-order valence-electron chi connectivity index (χ1n) is 5.59. The number of alkyl halides is 3. The van der Waals surface area contributed by atoms with Crippen molar-refractivity contribution >= 4 is 0 Å². The molecule has 0 amide bonds. The summed E-state index contributed by atoms with van der Waals surface area (Å²) in [6.45, 7) is -1.06. The van der Waals surface area contributed by atoms with Gasteiger partial charge in [0.2, 0.25) is 0 Å². The summed E-state index contributed by atoms with van der Waals surface area (Å²) >= 11 is 0. The van der Waals surface area contributed by atoms with E-state index >= 15 is 0 Å². The molecular formula is C12H15F3O4. The van der Waals surface area contributed by atoms with Crippen molar-refractivity contribution in [3.63, 3.8) is 0 Å². The molecule has 0 aliphatic carbocycles. The fraction of sp³-hybridized carbons (Fsp3) is 0.500. The monoisotopic (exact) mass is 280 g/mol. The van der Waals surface area contributed by atoms with Crippen LogP contribution in [0.15, 0.2) is 18.2 Å². The summed E-state index contributed by atoms with van der Waals surface area (Å²) in [5.41, 5.74) is -1.04. The largest absolute Gasteiger partial charge is 0.416 e. The molecule has 0 radical (unpaired) electrons. The molecule has 0 aliphatic heterocycles. The lowest BCUT2D eigenvalue weighted by atomic mass is 9.95. The van der Waals surface area contributed by atoms with Crippen LogP contribution in [0.4, 0.5) is 13.2 Å². The molecule has 0 spiro atoms. The number of aliphatic hydroxyl groups is 4. The van der Waals surface area contributed by atoms with Gasteiger partial charge in [-0.3, -0.25) is 0 Å². The van der Waals surface area contributed by atoms with Crippen molar-refractivity contribution in [2.45, 2.75) is 31.4 Å². The normalized spacial score (nSPS) is 15.3. The van der Waals surface area contributed by atoms with Crippen LogP contribution in [-0.2, 0) is 12.8 Å². The number of hydrogen-bond acceptors (Lipinski definition) is 4. The molecule has 0 bridgehead atoms. The van der Waals surface area contributed by atoms with E-state index < -0.39 is 30.6 Å². The van der Waals surface area contributed by atoms with Gasteiger partial charge in [0.25, 0.3) is 0 Å². The Kier molecular flexibility index (Phi) is 5.30. The van der Waals surface area contributed by atoms with Crippen LogP contribution in [0, 0.1) is 0 Å². The fourth-order valence-electron chi connectivity index (χ4n) is 1.70. The molecule has 1 rings (SSSR count). The van der Waals surface area contributed by atoms with E-state index in [4.69, 9.17) is 10.2 Å². The standard InChI is InChI=1S/C12H15F3O4/c13-12(14,15)8-1-2-9(7(5-8)6-17)11(19)10(18)3-4-16/h1-2,5,10-11,16-19H,3-4,6H2. The molecule has 0 aromatic heterocycles. The lowest BCUT2D eigenvalue weighted by Gasteiger charge is -2.20. The average molecular weight is 280 g/mol. The van der Waals surface area contributed by atoms with Gasteiger partial charge in [-0.1, -0.05) is 6.07 Å². The molecule has 2 atom stereocenters. The second kappa shape index (κ2) is 6.33. The Balaban J connectivity index is 3.09. The number of benzene rings is 1. The number of aliphatic hydroxyl groups excluding tert-OH is 4. The van der Waals surface area contributed by atoms with Gasteiger partial charge in [0, 0.05) is 6.61 Å². The highest BCUT2D eigenvalue weighted by molar-refractivity contribution is 5.35. The minimum atomic E-state index is -4.54. The minimum absolute atomic E-state index is 0.0106. The maximum absolute atomic E-state index is 12.5. The van der Waals surface area contributed by atoms with Gasteiger partial charge >= 0.3 is 6.18 Å². The summed E-state index contributed by atoms with van der Waals surface area (Å²) < 4.78 is 37.5. The van der Waals surface area contributed by atoms with Gasteiger partial charge in [-0.2, -0.15) is 13.2 Å². The van der Waals surface area contributed by atoms with E-state index in [1.165, 1.54) is 0 Å². The third-order valence-electron chi connectivity index (χ3n) is 2.75. The number of rotatable bonds is 5. The predicted molar refractivity (Wildman–Crippen MR) is 60.0 cm³/mol. The van der Waals surface area contributed by atoms with Crippen LogP contribution in [0.3, 0.4) is 0 Å². The lowest BCUT2D eigenvalue weighted by Crippen LogP contribution is -2.21. The molecular weight excluding hydrogens is 265 g/mol. The molecule has 0 saturated carbocycles. The smallest absolute Gasteiger partial charge is 0.396 e. The molecule has 0 heterocycles. The Morgan fingerprint density at radius 3 is 2.21 bits per heavy atom. The van der Waals surface area contributed by atoms with Crippen LogP contribution in [-0.4, -0.2) is 33.1 Å². The number of halogens is 3. The van der Waals surface area contributed by atoms with Crippen LogP contribution in [0.5, 0.6) is 0 Å². The Hall–Kier alpha value is -1.15. The number of hydrogen-bond donors (Lipinski definition) is 4. The van der Waals surface area contributed by atoms with E-state index in [-0.39, 0.29) is 24.2 Å². The quantitative estimate of drug-likeness (QED) is 0.648. The van der Waals surface area contributed by atoms with E-state index in [1.807, 2.05) is 0 Å². The predicted octanol–water partition coefficient (Wildman–Crippen LogP) is 0.974. The van der Waals surface area contributed by atoms with Crippen molar-refractivity contribution in [1.82, 2.24) is 0 Å². The van der Waals surface area contributed by atoms with Crippen LogP contribution < -0.4 is 0 Å². The van der Waals surface area contributed by atoms with Gasteiger partial charge in [-0.25, -0.2) is 0 Å². The molecule has 4 nitrogen and oxygen atoms in total. The summed E-state index contributed by atoms with van der Waals surface area (Å²) in [6, 6.07) is 2.51. The zero-order chi connectivity index (χ0) is 14.6. The zero-order valence-electron chi connectivity index (χ0n) is 9.93. The highest BCUT2D eigenvalue weighted by atomic mass is 19.4. The topological polar surface area (TPSA) is 80.9 Å². The van der Waals surface area contributed by atoms with E-state index in [0.717, 1.165) is 18.2 Å². The summed E-state index contributed by atoms with van der Waals surface area (Å²) in [4.78, 5) is 0. The molecule has 0 saturated heterocycles. The first kappa shape index (κ1) is 15.9. The lowest BCUT2D eigenvalue weighted by molar-refractivity contribution is -0.137. The van der Waals surface area contributed by atoms with Crippen molar-refractivity contribution < 1.29 is 33.6 Å². The van der Waals surface area contributed by atoms with Crippen molar-refractivity contribution in [3.05, 3.63) is 34.9 Å². The second-order valence-electron chi connectivity index (χ2n) is 4.09. The van der Waals surface area contributed by atoms with Crippen LogP contribution in [0.1, 0.15) is 29.2 Å². The van der Waals surface area contributed by atoms with Gasteiger partial charge < -0.3 is 20.4 Å². The molecule has 2 unspecified atom stereocenters. The second-order valence-corrected chi connectivity index (χ2v) is 4.09. The van der Waals surface area contributed by atoms with E-state index in [2.05, 4.69) is 0 Å². The van der Waals surface area contributed by atoms with Gasteiger partial charge in [0.05, 0.1) is 18.3 Å². The summed E-state index contributed by atoms with van der Waals surface area (Å²) in [5, 5.41) is 37.0. The molecule has 0 fully saturated rings. The first-order valence-corrected chi connectivity index (χ1v) is 5.59. The molecule has 19 heavy (non-hydrogen) atoms. The van der Waals surface area contributed by atoms with Crippen molar-refractivity contribution in [3.8, 4) is 0 Å².